The number of ketones is 1. The second kappa shape index (κ2) is 8.81. The van der Waals surface area contributed by atoms with Gasteiger partial charge in [0, 0.05) is 26.9 Å². The lowest BCUT2D eigenvalue weighted by molar-refractivity contribution is -0.177. The van der Waals surface area contributed by atoms with Gasteiger partial charge in [-0.3, -0.25) is 4.79 Å². The molecule has 2 aromatic rings. The van der Waals surface area contributed by atoms with Crippen LogP contribution >= 0.6 is 27.5 Å². The van der Waals surface area contributed by atoms with E-state index in [4.69, 9.17) is 21.6 Å². The van der Waals surface area contributed by atoms with Crippen molar-refractivity contribution in [2.45, 2.75) is 47.1 Å². The van der Waals surface area contributed by atoms with Gasteiger partial charge in [0.05, 0.1) is 10.6 Å². The minimum Gasteiger partial charge on any atom is -0.489 e. The highest BCUT2D eigenvalue weighted by atomic mass is 79.9. The van der Waals surface area contributed by atoms with E-state index in [0.717, 1.165) is 22.0 Å². The van der Waals surface area contributed by atoms with Gasteiger partial charge >= 0.3 is 0 Å². The van der Waals surface area contributed by atoms with Crippen molar-refractivity contribution < 1.29 is 9.53 Å². The summed E-state index contributed by atoms with van der Waals surface area (Å²) < 4.78 is 7.30. The summed E-state index contributed by atoms with van der Waals surface area (Å²) in [5.41, 5.74) is 1.87. The third kappa shape index (κ3) is 4.45. The number of carbonyl (C=O) groups is 1. The first-order valence-electron chi connectivity index (χ1n) is 10.4. The molecular weight excluding hydrogens is 474 g/mol. The Hall–Kier alpha value is -2.09. The predicted octanol–water partition coefficient (Wildman–Crippen LogP) is 7.41. The summed E-state index contributed by atoms with van der Waals surface area (Å²) in [6.07, 6.45) is 4.49. The third-order valence-electron chi connectivity index (χ3n) is 6.42. The highest BCUT2D eigenvalue weighted by molar-refractivity contribution is 9.10. The Kier molecular flexibility index (Phi) is 6.69. The van der Waals surface area contributed by atoms with Crippen LogP contribution in [0.15, 0.2) is 53.0 Å². The first-order chi connectivity index (χ1) is 14.5. The van der Waals surface area contributed by atoms with Crippen LogP contribution in [0.5, 0.6) is 5.75 Å². The average molecular weight is 501 g/mol. The highest BCUT2D eigenvalue weighted by Crippen LogP contribution is 2.60. The second-order valence-corrected chi connectivity index (χ2v) is 10.6. The number of rotatable bonds is 6. The van der Waals surface area contributed by atoms with Gasteiger partial charge in [-0.15, -0.1) is 0 Å². The van der Waals surface area contributed by atoms with Crippen LogP contribution in [0.3, 0.4) is 0 Å². The molecule has 0 amide bonds. The molecule has 1 fully saturated rings. The molecule has 2 aromatic carbocycles. The van der Waals surface area contributed by atoms with Crippen molar-refractivity contribution in [3.8, 4) is 11.8 Å². The molecule has 0 radical (unpaired) electrons. The van der Waals surface area contributed by atoms with Crippen molar-refractivity contribution in [3.05, 3.63) is 74.7 Å². The number of hydrogen-bond donors (Lipinski definition) is 0. The Labute approximate surface area is 198 Å². The smallest absolute Gasteiger partial charge is 0.185 e. The largest absolute Gasteiger partial charge is 0.489 e. The van der Waals surface area contributed by atoms with E-state index in [-0.39, 0.29) is 28.6 Å². The molecule has 1 saturated carbocycles. The lowest BCUT2D eigenvalue weighted by Gasteiger charge is -2.62. The summed E-state index contributed by atoms with van der Waals surface area (Å²) in [5.74, 6) is 0.846. The Morgan fingerprint density at radius 1 is 1.19 bits per heavy atom. The van der Waals surface area contributed by atoms with E-state index in [1.807, 2.05) is 24.3 Å². The number of nitriles is 1. The molecule has 0 N–H and O–H groups in total. The van der Waals surface area contributed by atoms with Crippen LogP contribution in [0.4, 0.5) is 0 Å². The summed E-state index contributed by atoms with van der Waals surface area (Å²) >= 11 is 9.65. The minimum absolute atomic E-state index is 0.0270. The molecular formula is C26H27BrClNO2. The van der Waals surface area contributed by atoms with Crippen LogP contribution in [0.25, 0.3) is 0 Å². The molecule has 1 aliphatic rings. The molecule has 0 heterocycles. The van der Waals surface area contributed by atoms with Gasteiger partial charge in [-0.1, -0.05) is 68.2 Å². The van der Waals surface area contributed by atoms with Crippen molar-refractivity contribution in [1.29, 1.82) is 5.26 Å². The third-order valence-corrected chi connectivity index (χ3v) is 7.23. The van der Waals surface area contributed by atoms with Crippen LogP contribution in [0, 0.1) is 28.1 Å². The number of benzene rings is 2. The molecule has 162 valence electrons. The summed E-state index contributed by atoms with van der Waals surface area (Å²) in [6, 6.07) is 13.0. The van der Waals surface area contributed by atoms with Gasteiger partial charge in [0.1, 0.15) is 17.9 Å². The number of ether oxygens (including phenoxy) is 1. The maximum atomic E-state index is 12.9. The minimum atomic E-state index is -0.173. The van der Waals surface area contributed by atoms with Crippen LogP contribution in [-0.2, 0) is 6.42 Å². The molecule has 0 aliphatic heterocycles. The van der Waals surface area contributed by atoms with Gasteiger partial charge in [0.2, 0.25) is 0 Å². The fourth-order valence-corrected chi connectivity index (χ4v) is 5.73. The van der Waals surface area contributed by atoms with E-state index in [2.05, 4.69) is 56.6 Å². The maximum Gasteiger partial charge on any atom is 0.185 e. The Morgan fingerprint density at radius 2 is 1.87 bits per heavy atom. The molecule has 0 unspecified atom stereocenters. The zero-order valence-electron chi connectivity index (χ0n) is 18.5. The van der Waals surface area contributed by atoms with E-state index in [1.165, 1.54) is 0 Å². The Balaban J connectivity index is 1.79. The summed E-state index contributed by atoms with van der Waals surface area (Å²) in [5, 5.41) is 9.46. The summed E-state index contributed by atoms with van der Waals surface area (Å²) in [6.45, 7) is 10.7. The molecule has 0 aromatic heterocycles. The molecule has 3 rings (SSSR count). The van der Waals surface area contributed by atoms with Gasteiger partial charge in [-0.05, 0) is 54.3 Å². The van der Waals surface area contributed by atoms with Gasteiger partial charge in [0.15, 0.2) is 5.78 Å². The second-order valence-electron chi connectivity index (χ2n) is 9.25. The predicted molar refractivity (Wildman–Crippen MR) is 129 cm³/mol. The van der Waals surface area contributed by atoms with Crippen molar-refractivity contribution in [3.63, 3.8) is 0 Å². The SMILES string of the molecule is CCc1cc(Br)ccc1C(=O)/C=C/[C@H]1C(C)(C)[C@H](Oc2ccc(C#N)c(Cl)c2)C1(C)C. The van der Waals surface area contributed by atoms with E-state index in [9.17, 15) is 4.79 Å². The van der Waals surface area contributed by atoms with E-state index in [0.29, 0.717) is 16.3 Å². The van der Waals surface area contributed by atoms with Gasteiger partial charge < -0.3 is 4.74 Å². The molecule has 3 nitrogen and oxygen atoms in total. The van der Waals surface area contributed by atoms with Gasteiger partial charge in [-0.2, -0.15) is 5.26 Å². The van der Waals surface area contributed by atoms with Crippen LogP contribution in [0.2, 0.25) is 5.02 Å². The van der Waals surface area contributed by atoms with E-state index >= 15 is 0 Å². The lowest BCUT2D eigenvalue weighted by atomic mass is 9.45. The number of allylic oxidation sites excluding steroid dienone is 2. The van der Waals surface area contributed by atoms with Crippen LogP contribution in [-0.4, -0.2) is 11.9 Å². The van der Waals surface area contributed by atoms with Gasteiger partial charge in [0.25, 0.3) is 0 Å². The van der Waals surface area contributed by atoms with Crippen molar-refractivity contribution >= 4 is 33.3 Å². The zero-order valence-corrected chi connectivity index (χ0v) is 20.8. The molecule has 5 heteroatoms. The molecule has 1 aliphatic carbocycles. The molecule has 0 spiro atoms. The molecule has 0 bridgehead atoms. The average Bonchev–Trinajstić information content (AvgIpc) is 2.71. The monoisotopic (exact) mass is 499 g/mol. The number of aryl methyl sites for hydroxylation is 1. The van der Waals surface area contributed by atoms with E-state index in [1.54, 1.807) is 24.3 Å². The van der Waals surface area contributed by atoms with Gasteiger partial charge in [-0.25, -0.2) is 0 Å². The fourth-order valence-electron chi connectivity index (χ4n) is 5.11. The topological polar surface area (TPSA) is 50.1 Å². The van der Waals surface area contributed by atoms with Crippen LogP contribution < -0.4 is 4.74 Å². The Bertz CT molecular complexity index is 1070. The molecule has 0 atom stereocenters. The number of hydrogen-bond acceptors (Lipinski definition) is 3. The van der Waals surface area contributed by atoms with Crippen molar-refractivity contribution in [2.24, 2.45) is 16.7 Å². The standard InChI is InChI=1S/C26H27BrClNO2/c1-6-16-13-18(27)8-10-20(16)22(30)11-12-23-25(2,3)24(26(23,4)5)31-19-9-7-17(15-29)21(28)14-19/h7-14,23-24H,6H2,1-5H3/b12-11+/t23-,24-. The Morgan fingerprint density at radius 3 is 2.45 bits per heavy atom. The first kappa shape index (κ1) is 23.6. The number of halogens is 2. The maximum absolute atomic E-state index is 12.9. The van der Waals surface area contributed by atoms with Crippen molar-refractivity contribution in [2.75, 3.05) is 0 Å². The normalized spacial score (nSPS) is 21.4. The number of nitrogens with zero attached hydrogens (tertiary/aromatic N) is 1. The highest BCUT2D eigenvalue weighted by Gasteiger charge is 2.62. The zero-order chi connectivity index (χ0) is 23.0. The van der Waals surface area contributed by atoms with Crippen molar-refractivity contribution in [1.82, 2.24) is 0 Å². The first-order valence-corrected chi connectivity index (χ1v) is 11.6. The number of carbonyl (C=O) groups excluding carboxylic acids is 1. The summed E-state index contributed by atoms with van der Waals surface area (Å²) in [4.78, 5) is 12.9. The fraction of sp³-hybridized carbons (Fsp3) is 0.385. The summed E-state index contributed by atoms with van der Waals surface area (Å²) in [7, 11) is 0. The van der Waals surface area contributed by atoms with Crippen LogP contribution in [0.1, 0.15) is 56.1 Å². The lowest BCUT2D eigenvalue weighted by Crippen LogP contribution is -2.65. The van der Waals surface area contributed by atoms with E-state index < -0.39 is 0 Å². The quantitative estimate of drug-likeness (QED) is 0.306. The molecule has 0 saturated heterocycles. The molecule has 31 heavy (non-hydrogen) atoms.